The van der Waals surface area contributed by atoms with Crippen molar-refractivity contribution in [1.29, 1.82) is 0 Å². The lowest BCUT2D eigenvalue weighted by Crippen LogP contribution is -2.32. The predicted octanol–water partition coefficient (Wildman–Crippen LogP) is 3.52. The van der Waals surface area contributed by atoms with E-state index in [2.05, 4.69) is 44.5 Å². The van der Waals surface area contributed by atoms with E-state index < -0.39 is 0 Å². The van der Waals surface area contributed by atoms with Crippen LogP contribution in [0.4, 0.5) is 0 Å². The van der Waals surface area contributed by atoms with Crippen LogP contribution in [0.15, 0.2) is 11.4 Å². The second-order valence-electron chi connectivity index (χ2n) is 4.71. The number of aryl methyl sites for hydroxylation is 1. The largest absolute Gasteiger partial charge is 0.379 e. The lowest BCUT2D eigenvalue weighted by Gasteiger charge is -2.29. The fourth-order valence-electron chi connectivity index (χ4n) is 1.87. The molecule has 0 aromatic carbocycles. The highest BCUT2D eigenvalue weighted by molar-refractivity contribution is 7.10. The van der Waals surface area contributed by atoms with Crippen LogP contribution in [0.3, 0.4) is 0 Å². The minimum absolute atomic E-state index is 0.0821. The zero-order valence-corrected chi connectivity index (χ0v) is 11.8. The lowest BCUT2D eigenvalue weighted by molar-refractivity contribution is 0.00697. The van der Waals surface area contributed by atoms with Crippen molar-refractivity contribution >= 4 is 11.3 Å². The van der Waals surface area contributed by atoms with Gasteiger partial charge in [0.25, 0.3) is 0 Å². The maximum atomic E-state index is 5.52. The van der Waals surface area contributed by atoms with Crippen molar-refractivity contribution in [2.24, 2.45) is 0 Å². The summed E-state index contributed by atoms with van der Waals surface area (Å²) in [5, 5.41) is 5.70. The van der Waals surface area contributed by atoms with Gasteiger partial charge in [0, 0.05) is 18.0 Å². The van der Waals surface area contributed by atoms with Crippen LogP contribution in [0, 0.1) is 6.92 Å². The summed E-state index contributed by atoms with van der Waals surface area (Å²) >= 11 is 1.81. The van der Waals surface area contributed by atoms with Crippen molar-refractivity contribution < 1.29 is 4.74 Å². The Morgan fingerprint density at radius 1 is 1.50 bits per heavy atom. The Morgan fingerprint density at radius 2 is 2.19 bits per heavy atom. The van der Waals surface area contributed by atoms with Gasteiger partial charge in [-0.25, -0.2) is 0 Å². The van der Waals surface area contributed by atoms with Crippen LogP contribution in [0.1, 0.15) is 43.7 Å². The van der Waals surface area contributed by atoms with Gasteiger partial charge in [-0.15, -0.1) is 11.3 Å². The molecule has 3 heteroatoms. The first-order valence-electron chi connectivity index (χ1n) is 5.82. The van der Waals surface area contributed by atoms with Crippen LogP contribution in [-0.2, 0) is 4.74 Å². The van der Waals surface area contributed by atoms with Crippen molar-refractivity contribution in [3.8, 4) is 0 Å². The van der Waals surface area contributed by atoms with Gasteiger partial charge >= 0.3 is 0 Å². The van der Waals surface area contributed by atoms with E-state index in [9.17, 15) is 0 Å². The average Bonchev–Trinajstić information content (AvgIpc) is 2.64. The summed E-state index contributed by atoms with van der Waals surface area (Å²) < 4.78 is 5.52. The third kappa shape index (κ3) is 3.58. The first-order chi connectivity index (χ1) is 7.50. The third-order valence-electron chi connectivity index (χ3n) is 2.97. The molecule has 1 aromatic heterocycles. The maximum absolute atomic E-state index is 5.52. The number of ether oxygens (including phenoxy) is 1. The van der Waals surface area contributed by atoms with Gasteiger partial charge in [0.1, 0.15) is 0 Å². The Labute approximate surface area is 103 Å². The van der Waals surface area contributed by atoms with Crippen LogP contribution in [-0.4, -0.2) is 19.3 Å². The Balaban J connectivity index is 2.80. The van der Waals surface area contributed by atoms with E-state index in [0.717, 1.165) is 13.0 Å². The number of hydrogen-bond donors (Lipinski definition) is 1. The fraction of sp³-hybridized carbons (Fsp3) is 0.692. The van der Waals surface area contributed by atoms with Crippen molar-refractivity contribution in [1.82, 2.24) is 5.32 Å². The molecule has 1 unspecified atom stereocenters. The summed E-state index contributed by atoms with van der Waals surface area (Å²) in [5.41, 5.74) is 1.33. The maximum Gasteiger partial charge on any atom is 0.0640 e. The van der Waals surface area contributed by atoms with Crippen molar-refractivity contribution in [3.05, 3.63) is 21.9 Å². The molecule has 0 saturated heterocycles. The van der Waals surface area contributed by atoms with Gasteiger partial charge in [-0.1, -0.05) is 6.92 Å². The average molecular weight is 241 g/mol. The van der Waals surface area contributed by atoms with Crippen LogP contribution < -0.4 is 5.32 Å². The van der Waals surface area contributed by atoms with Gasteiger partial charge < -0.3 is 10.1 Å². The molecule has 1 heterocycles. The standard InChI is InChI=1S/C13H23NOS/c1-6-14-12(9-13(3,4)15-5)11-7-8-16-10(11)2/h7-8,12,14H,6,9H2,1-5H3. The lowest BCUT2D eigenvalue weighted by atomic mass is 9.94. The van der Waals surface area contributed by atoms with Gasteiger partial charge in [0.2, 0.25) is 0 Å². The molecular weight excluding hydrogens is 218 g/mol. The molecule has 2 nitrogen and oxygen atoms in total. The zero-order chi connectivity index (χ0) is 12.2. The topological polar surface area (TPSA) is 21.3 Å². The molecular formula is C13H23NOS. The van der Waals surface area contributed by atoms with E-state index >= 15 is 0 Å². The summed E-state index contributed by atoms with van der Waals surface area (Å²) in [6, 6.07) is 2.62. The quantitative estimate of drug-likeness (QED) is 0.822. The molecule has 0 radical (unpaired) electrons. The highest BCUT2D eigenvalue weighted by Crippen LogP contribution is 2.30. The first kappa shape index (κ1) is 13.7. The second kappa shape index (κ2) is 5.80. The smallest absolute Gasteiger partial charge is 0.0640 e. The molecule has 16 heavy (non-hydrogen) atoms. The van der Waals surface area contributed by atoms with E-state index in [1.807, 2.05) is 11.3 Å². The summed E-state index contributed by atoms with van der Waals surface area (Å²) in [4.78, 5) is 1.40. The normalized spacial score (nSPS) is 14.1. The van der Waals surface area contributed by atoms with Crippen LogP contribution in [0.5, 0.6) is 0 Å². The number of rotatable bonds is 6. The van der Waals surface area contributed by atoms with Crippen molar-refractivity contribution in [2.75, 3.05) is 13.7 Å². The van der Waals surface area contributed by atoms with Gasteiger partial charge in [-0.3, -0.25) is 0 Å². The van der Waals surface area contributed by atoms with Gasteiger partial charge in [0.15, 0.2) is 0 Å². The molecule has 1 aromatic rings. The van der Waals surface area contributed by atoms with Crippen LogP contribution >= 0.6 is 11.3 Å². The summed E-state index contributed by atoms with van der Waals surface area (Å²) in [6.45, 7) is 9.59. The molecule has 0 aliphatic rings. The molecule has 0 fully saturated rings. The molecule has 0 bridgehead atoms. The highest BCUT2D eigenvalue weighted by atomic mass is 32.1. The van der Waals surface area contributed by atoms with Crippen LogP contribution in [0.25, 0.3) is 0 Å². The predicted molar refractivity (Wildman–Crippen MR) is 71.2 cm³/mol. The van der Waals surface area contributed by atoms with E-state index in [4.69, 9.17) is 4.74 Å². The summed E-state index contributed by atoms with van der Waals surface area (Å²) in [5.74, 6) is 0. The molecule has 1 N–H and O–H groups in total. The Kier molecular flexibility index (Phi) is 4.96. The van der Waals surface area contributed by atoms with Crippen molar-refractivity contribution in [2.45, 2.75) is 45.8 Å². The fourth-order valence-corrected chi connectivity index (χ4v) is 2.63. The second-order valence-corrected chi connectivity index (χ2v) is 5.83. The Hall–Kier alpha value is -0.380. The van der Waals surface area contributed by atoms with Gasteiger partial charge in [0.05, 0.1) is 5.60 Å². The van der Waals surface area contributed by atoms with E-state index in [0.29, 0.717) is 6.04 Å². The third-order valence-corrected chi connectivity index (χ3v) is 3.83. The van der Waals surface area contributed by atoms with E-state index in [1.54, 1.807) is 7.11 Å². The Morgan fingerprint density at radius 3 is 2.62 bits per heavy atom. The number of hydrogen-bond acceptors (Lipinski definition) is 3. The van der Waals surface area contributed by atoms with Gasteiger partial charge in [-0.05, 0) is 50.7 Å². The minimum Gasteiger partial charge on any atom is -0.379 e. The van der Waals surface area contributed by atoms with Crippen molar-refractivity contribution in [3.63, 3.8) is 0 Å². The molecule has 0 aliphatic carbocycles. The Bertz CT molecular complexity index is 319. The molecule has 0 spiro atoms. The monoisotopic (exact) mass is 241 g/mol. The molecule has 0 saturated carbocycles. The van der Waals surface area contributed by atoms with E-state index in [1.165, 1.54) is 10.4 Å². The number of thiophene rings is 1. The number of nitrogens with one attached hydrogen (secondary N) is 1. The molecule has 92 valence electrons. The van der Waals surface area contributed by atoms with Crippen LogP contribution in [0.2, 0.25) is 0 Å². The molecule has 0 amide bonds. The molecule has 1 atom stereocenters. The summed E-state index contributed by atoms with van der Waals surface area (Å²) in [6.07, 6.45) is 0.995. The zero-order valence-electron chi connectivity index (χ0n) is 11.0. The number of methoxy groups -OCH3 is 1. The molecule has 0 aliphatic heterocycles. The summed E-state index contributed by atoms with van der Waals surface area (Å²) in [7, 11) is 1.78. The minimum atomic E-state index is -0.0821. The SMILES string of the molecule is CCNC(CC(C)(C)OC)c1ccsc1C. The van der Waals surface area contributed by atoms with Gasteiger partial charge in [-0.2, -0.15) is 0 Å². The highest BCUT2D eigenvalue weighted by Gasteiger charge is 2.24. The molecule has 1 rings (SSSR count). The van der Waals surface area contributed by atoms with E-state index in [-0.39, 0.29) is 5.60 Å². The first-order valence-corrected chi connectivity index (χ1v) is 6.70.